The van der Waals surface area contributed by atoms with Gasteiger partial charge in [-0.25, -0.2) is 0 Å². The van der Waals surface area contributed by atoms with E-state index in [1.165, 1.54) is 0 Å². The molecule has 0 aromatic heterocycles. The number of nitrogen functional groups attached to an aromatic ring is 1. The number of benzene rings is 1. The molecule has 0 aliphatic heterocycles. The van der Waals surface area contributed by atoms with E-state index in [0.29, 0.717) is 11.4 Å². The van der Waals surface area contributed by atoms with Crippen LogP contribution in [0.15, 0.2) is 18.2 Å². The molecule has 0 aliphatic rings. The molecule has 1 amide bonds. The Hall–Kier alpha value is -1.91. The highest BCUT2D eigenvalue weighted by Crippen LogP contribution is 2.26. The normalized spacial score (nSPS) is 9.88. The van der Waals surface area contributed by atoms with Crippen LogP contribution in [-0.2, 0) is 4.79 Å². The number of amides is 1. The Bertz CT molecular complexity index is 377. The Balaban J connectivity index is 2.70. The minimum Gasteiger partial charge on any atom is -0.491 e. The van der Waals surface area contributed by atoms with Gasteiger partial charge in [0.15, 0.2) is 0 Å². The summed E-state index contributed by atoms with van der Waals surface area (Å²) in [5.74, 6) is 0.190. The van der Waals surface area contributed by atoms with Crippen LogP contribution in [0.5, 0.6) is 5.75 Å². The topological polar surface area (TPSA) is 81.6 Å². The van der Waals surface area contributed by atoms with E-state index >= 15 is 0 Å². The lowest BCUT2D eigenvalue weighted by molar-refractivity contribution is -0.118. The molecule has 0 heterocycles. The average Bonchev–Trinajstić information content (AvgIpc) is 2.20. The number of carbonyl (C=O) groups excluding carboxylic acids is 1. The standard InChI is InChI=1S/C11H17N3O2/c1-14(2)8-3-4-9(12)10(7-8)16-6-5-11(13)15/h3-4,7H,5-6,12H2,1-2H3,(H2,13,15). The van der Waals surface area contributed by atoms with Gasteiger partial charge in [-0.15, -0.1) is 0 Å². The molecule has 5 nitrogen and oxygen atoms in total. The summed E-state index contributed by atoms with van der Waals surface area (Å²) < 4.78 is 5.39. The van der Waals surface area contributed by atoms with Gasteiger partial charge in [0.1, 0.15) is 5.75 Å². The number of primary amides is 1. The highest BCUT2D eigenvalue weighted by atomic mass is 16.5. The van der Waals surface area contributed by atoms with Gasteiger partial charge in [-0.1, -0.05) is 0 Å². The molecule has 0 spiro atoms. The van der Waals surface area contributed by atoms with Crippen molar-refractivity contribution in [1.29, 1.82) is 0 Å². The molecular formula is C11H17N3O2. The van der Waals surface area contributed by atoms with E-state index in [4.69, 9.17) is 16.2 Å². The highest BCUT2D eigenvalue weighted by Gasteiger charge is 2.04. The second kappa shape index (κ2) is 5.25. The van der Waals surface area contributed by atoms with Gasteiger partial charge in [0.25, 0.3) is 0 Å². The van der Waals surface area contributed by atoms with Crippen molar-refractivity contribution < 1.29 is 9.53 Å². The third kappa shape index (κ3) is 3.34. The van der Waals surface area contributed by atoms with Gasteiger partial charge in [-0.2, -0.15) is 0 Å². The predicted molar refractivity (Wildman–Crippen MR) is 64.5 cm³/mol. The lowest BCUT2D eigenvalue weighted by Gasteiger charge is -2.15. The Labute approximate surface area is 95.0 Å². The first-order valence-electron chi connectivity index (χ1n) is 4.98. The van der Waals surface area contributed by atoms with Gasteiger partial charge in [-0.3, -0.25) is 4.79 Å². The number of nitrogens with zero attached hydrogens (tertiary/aromatic N) is 1. The quantitative estimate of drug-likeness (QED) is 0.716. The highest BCUT2D eigenvalue weighted by molar-refractivity contribution is 5.73. The molecule has 0 bridgehead atoms. The number of anilines is 2. The largest absolute Gasteiger partial charge is 0.491 e. The Morgan fingerprint density at radius 2 is 2.12 bits per heavy atom. The Morgan fingerprint density at radius 3 is 2.69 bits per heavy atom. The number of hydrogen-bond acceptors (Lipinski definition) is 4. The van der Waals surface area contributed by atoms with Crippen molar-refractivity contribution in [1.82, 2.24) is 0 Å². The van der Waals surface area contributed by atoms with Crippen LogP contribution in [-0.4, -0.2) is 26.6 Å². The lowest BCUT2D eigenvalue weighted by atomic mass is 10.2. The van der Waals surface area contributed by atoms with E-state index in [-0.39, 0.29) is 18.9 Å². The summed E-state index contributed by atoms with van der Waals surface area (Å²) in [6, 6.07) is 5.50. The summed E-state index contributed by atoms with van der Waals surface area (Å²) in [4.78, 5) is 12.5. The zero-order chi connectivity index (χ0) is 12.1. The summed E-state index contributed by atoms with van der Waals surface area (Å²) in [6.07, 6.45) is 0.186. The fourth-order valence-corrected chi connectivity index (χ4v) is 1.19. The van der Waals surface area contributed by atoms with Crippen molar-refractivity contribution in [3.8, 4) is 5.75 Å². The van der Waals surface area contributed by atoms with E-state index in [2.05, 4.69) is 0 Å². The summed E-state index contributed by atoms with van der Waals surface area (Å²) in [7, 11) is 3.86. The van der Waals surface area contributed by atoms with Crippen LogP contribution in [0.1, 0.15) is 6.42 Å². The number of nitrogens with two attached hydrogens (primary N) is 2. The molecule has 0 saturated carbocycles. The van der Waals surface area contributed by atoms with Crippen molar-refractivity contribution in [3.05, 3.63) is 18.2 Å². The maximum absolute atomic E-state index is 10.6. The molecule has 5 heteroatoms. The first-order valence-corrected chi connectivity index (χ1v) is 4.98. The Morgan fingerprint density at radius 1 is 1.44 bits per heavy atom. The maximum Gasteiger partial charge on any atom is 0.220 e. The molecule has 0 saturated heterocycles. The van der Waals surface area contributed by atoms with Gasteiger partial charge in [-0.05, 0) is 12.1 Å². The molecule has 1 rings (SSSR count). The van der Waals surface area contributed by atoms with Crippen molar-refractivity contribution in [3.63, 3.8) is 0 Å². The summed E-state index contributed by atoms with van der Waals surface area (Å²) >= 11 is 0. The molecule has 1 aromatic rings. The number of ether oxygens (including phenoxy) is 1. The molecule has 0 unspecified atom stereocenters. The fourth-order valence-electron chi connectivity index (χ4n) is 1.19. The molecule has 4 N–H and O–H groups in total. The van der Waals surface area contributed by atoms with Crippen LogP contribution in [0.4, 0.5) is 11.4 Å². The zero-order valence-corrected chi connectivity index (χ0v) is 9.56. The molecule has 16 heavy (non-hydrogen) atoms. The van der Waals surface area contributed by atoms with Crippen LogP contribution in [0.25, 0.3) is 0 Å². The monoisotopic (exact) mass is 223 g/mol. The molecule has 0 radical (unpaired) electrons. The number of carbonyl (C=O) groups is 1. The van der Waals surface area contributed by atoms with Crippen molar-refractivity contribution in [2.45, 2.75) is 6.42 Å². The molecule has 0 fully saturated rings. The molecular weight excluding hydrogens is 206 g/mol. The lowest BCUT2D eigenvalue weighted by Crippen LogP contribution is -2.15. The van der Waals surface area contributed by atoms with Gasteiger partial charge in [0.2, 0.25) is 5.91 Å². The second-order valence-corrected chi connectivity index (χ2v) is 3.68. The van der Waals surface area contributed by atoms with Crippen molar-refractivity contribution in [2.24, 2.45) is 5.73 Å². The van der Waals surface area contributed by atoms with Gasteiger partial charge >= 0.3 is 0 Å². The van der Waals surface area contributed by atoms with E-state index < -0.39 is 0 Å². The molecule has 88 valence electrons. The fraction of sp³-hybridized carbons (Fsp3) is 0.364. The predicted octanol–water partition coefficient (Wildman–Crippen LogP) is 0.589. The van der Waals surface area contributed by atoms with E-state index in [1.807, 2.05) is 31.1 Å². The number of rotatable bonds is 5. The van der Waals surface area contributed by atoms with E-state index in [1.54, 1.807) is 6.07 Å². The smallest absolute Gasteiger partial charge is 0.220 e. The molecule has 1 aromatic carbocycles. The second-order valence-electron chi connectivity index (χ2n) is 3.68. The zero-order valence-electron chi connectivity index (χ0n) is 9.56. The number of hydrogen-bond donors (Lipinski definition) is 2. The van der Waals surface area contributed by atoms with Crippen molar-refractivity contribution in [2.75, 3.05) is 31.3 Å². The first-order chi connectivity index (χ1) is 7.50. The van der Waals surface area contributed by atoms with Gasteiger partial charge < -0.3 is 21.1 Å². The van der Waals surface area contributed by atoms with Crippen LogP contribution in [0.2, 0.25) is 0 Å². The SMILES string of the molecule is CN(C)c1ccc(N)c(OCCC(N)=O)c1. The minimum absolute atomic E-state index is 0.186. The van der Waals surface area contributed by atoms with Gasteiger partial charge in [0, 0.05) is 25.8 Å². The summed E-state index contributed by atoms with van der Waals surface area (Å²) in [5, 5.41) is 0. The van der Waals surface area contributed by atoms with Gasteiger partial charge in [0.05, 0.1) is 18.7 Å². The Kier molecular flexibility index (Phi) is 3.99. The first kappa shape index (κ1) is 12.2. The maximum atomic E-state index is 10.6. The third-order valence-electron chi connectivity index (χ3n) is 2.12. The van der Waals surface area contributed by atoms with Crippen LogP contribution in [0.3, 0.4) is 0 Å². The van der Waals surface area contributed by atoms with Crippen LogP contribution >= 0.6 is 0 Å². The minimum atomic E-state index is -0.387. The van der Waals surface area contributed by atoms with E-state index in [0.717, 1.165) is 5.69 Å². The van der Waals surface area contributed by atoms with Crippen LogP contribution < -0.4 is 21.1 Å². The van der Waals surface area contributed by atoms with Crippen LogP contribution in [0, 0.1) is 0 Å². The van der Waals surface area contributed by atoms with E-state index in [9.17, 15) is 4.79 Å². The molecule has 0 aliphatic carbocycles. The summed E-state index contributed by atoms with van der Waals surface area (Å²) in [5.41, 5.74) is 12.3. The average molecular weight is 223 g/mol. The van der Waals surface area contributed by atoms with Crippen molar-refractivity contribution >= 4 is 17.3 Å². The summed E-state index contributed by atoms with van der Waals surface area (Å²) in [6.45, 7) is 0.246. The molecule has 0 atom stereocenters. The third-order valence-corrected chi connectivity index (χ3v) is 2.12.